The molecular formula is C20H27NO4. The van der Waals surface area contributed by atoms with E-state index in [1.807, 2.05) is 24.3 Å². The number of benzene rings is 1. The fourth-order valence-electron chi connectivity index (χ4n) is 3.94. The number of ether oxygens (including phenoxy) is 1. The SMILES string of the molecule is CCc1ccc(OCC(O)CN2C(=O)CC3(CCCCC3)C2=O)cc1. The molecule has 2 aliphatic rings. The zero-order valence-electron chi connectivity index (χ0n) is 14.9. The molecule has 1 spiro atoms. The van der Waals surface area contributed by atoms with Crippen molar-refractivity contribution in [2.75, 3.05) is 13.2 Å². The molecule has 1 aliphatic heterocycles. The fraction of sp³-hybridized carbons (Fsp3) is 0.600. The highest BCUT2D eigenvalue weighted by Gasteiger charge is 2.51. The molecule has 0 aromatic heterocycles. The quantitative estimate of drug-likeness (QED) is 0.805. The molecule has 0 radical (unpaired) electrons. The van der Waals surface area contributed by atoms with Crippen molar-refractivity contribution in [2.45, 2.75) is 58.0 Å². The standard InChI is InChI=1S/C20H27NO4/c1-2-15-6-8-17(9-7-15)25-14-16(22)13-21-18(23)12-20(19(21)24)10-4-3-5-11-20/h6-9,16,22H,2-5,10-14H2,1H3. The predicted octanol–water partition coefficient (Wildman–Crippen LogP) is 2.70. The normalized spacial score (nSPS) is 21.0. The van der Waals surface area contributed by atoms with Gasteiger partial charge in [0, 0.05) is 6.42 Å². The maximum atomic E-state index is 12.7. The van der Waals surface area contributed by atoms with Crippen molar-refractivity contribution in [2.24, 2.45) is 5.41 Å². The number of likely N-dealkylation sites (tertiary alicyclic amines) is 1. The van der Waals surface area contributed by atoms with Crippen LogP contribution in [-0.2, 0) is 16.0 Å². The fourth-order valence-corrected chi connectivity index (χ4v) is 3.94. The minimum Gasteiger partial charge on any atom is -0.491 e. The van der Waals surface area contributed by atoms with E-state index < -0.39 is 11.5 Å². The van der Waals surface area contributed by atoms with Crippen LogP contribution in [0.3, 0.4) is 0 Å². The number of β-amino-alcohol motifs (C(OH)–C–C–N with tert-alkyl or cyclic N) is 1. The molecule has 2 fully saturated rings. The number of aryl methyl sites for hydroxylation is 1. The number of hydrogen-bond acceptors (Lipinski definition) is 4. The van der Waals surface area contributed by atoms with Crippen LogP contribution in [0.5, 0.6) is 5.75 Å². The summed E-state index contributed by atoms with van der Waals surface area (Å²) in [7, 11) is 0. The Hall–Kier alpha value is -1.88. The van der Waals surface area contributed by atoms with Crippen molar-refractivity contribution in [3.8, 4) is 5.75 Å². The largest absolute Gasteiger partial charge is 0.491 e. The molecule has 2 amide bonds. The van der Waals surface area contributed by atoms with Gasteiger partial charge in [-0.1, -0.05) is 38.3 Å². The lowest BCUT2D eigenvalue weighted by Gasteiger charge is -2.30. The second-order valence-electron chi connectivity index (χ2n) is 7.29. The molecule has 1 atom stereocenters. The van der Waals surface area contributed by atoms with E-state index in [4.69, 9.17) is 4.74 Å². The third-order valence-electron chi connectivity index (χ3n) is 5.47. The van der Waals surface area contributed by atoms with Gasteiger partial charge in [0.1, 0.15) is 18.5 Å². The first-order valence-electron chi connectivity index (χ1n) is 9.29. The van der Waals surface area contributed by atoms with Crippen LogP contribution in [-0.4, -0.2) is 41.1 Å². The molecule has 5 heteroatoms. The summed E-state index contributed by atoms with van der Waals surface area (Å²) >= 11 is 0. The van der Waals surface area contributed by atoms with Crippen molar-refractivity contribution in [1.82, 2.24) is 4.90 Å². The number of imide groups is 1. The van der Waals surface area contributed by atoms with Crippen LogP contribution in [0, 0.1) is 5.41 Å². The molecule has 25 heavy (non-hydrogen) atoms. The highest BCUT2D eigenvalue weighted by Crippen LogP contribution is 2.45. The van der Waals surface area contributed by atoms with Gasteiger partial charge in [-0.25, -0.2) is 0 Å². The first-order chi connectivity index (χ1) is 12.0. The van der Waals surface area contributed by atoms with E-state index in [1.165, 1.54) is 10.5 Å². The Balaban J connectivity index is 1.54. The number of hydrogen-bond donors (Lipinski definition) is 1. The van der Waals surface area contributed by atoms with Gasteiger partial charge in [-0.05, 0) is 37.0 Å². The Labute approximate surface area is 149 Å². The van der Waals surface area contributed by atoms with E-state index >= 15 is 0 Å². The lowest BCUT2D eigenvalue weighted by atomic mass is 9.73. The molecule has 1 aromatic carbocycles. The molecular weight excluding hydrogens is 318 g/mol. The van der Waals surface area contributed by atoms with Crippen LogP contribution in [0.4, 0.5) is 0 Å². The van der Waals surface area contributed by atoms with E-state index in [0.29, 0.717) is 12.2 Å². The van der Waals surface area contributed by atoms with Crippen molar-refractivity contribution in [3.05, 3.63) is 29.8 Å². The van der Waals surface area contributed by atoms with Gasteiger partial charge in [-0.3, -0.25) is 14.5 Å². The van der Waals surface area contributed by atoms with Crippen LogP contribution < -0.4 is 4.74 Å². The highest BCUT2D eigenvalue weighted by atomic mass is 16.5. The maximum Gasteiger partial charge on any atom is 0.235 e. The molecule has 0 bridgehead atoms. The molecule has 1 N–H and O–H groups in total. The van der Waals surface area contributed by atoms with Crippen LogP contribution >= 0.6 is 0 Å². The van der Waals surface area contributed by atoms with Gasteiger partial charge >= 0.3 is 0 Å². The highest BCUT2D eigenvalue weighted by molar-refractivity contribution is 6.05. The van der Waals surface area contributed by atoms with E-state index in [2.05, 4.69) is 6.92 Å². The number of aliphatic hydroxyl groups excluding tert-OH is 1. The summed E-state index contributed by atoms with van der Waals surface area (Å²) in [5, 5.41) is 10.2. The molecule has 1 heterocycles. The molecule has 1 aliphatic carbocycles. The van der Waals surface area contributed by atoms with Crippen LogP contribution in [0.2, 0.25) is 0 Å². The van der Waals surface area contributed by atoms with E-state index in [1.54, 1.807) is 0 Å². The number of carbonyl (C=O) groups excluding carboxylic acids is 2. The summed E-state index contributed by atoms with van der Waals surface area (Å²) in [5.41, 5.74) is 0.727. The Morgan fingerprint density at radius 2 is 1.84 bits per heavy atom. The summed E-state index contributed by atoms with van der Waals surface area (Å²) < 4.78 is 5.59. The second-order valence-corrected chi connectivity index (χ2v) is 7.29. The number of aliphatic hydroxyl groups is 1. The smallest absolute Gasteiger partial charge is 0.235 e. The topological polar surface area (TPSA) is 66.8 Å². The van der Waals surface area contributed by atoms with Crippen molar-refractivity contribution < 1.29 is 19.4 Å². The molecule has 3 rings (SSSR count). The predicted molar refractivity (Wildman–Crippen MR) is 94.2 cm³/mol. The Morgan fingerprint density at radius 3 is 2.48 bits per heavy atom. The van der Waals surface area contributed by atoms with Gasteiger partial charge in [0.25, 0.3) is 0 Å². The summed E-state index contributed by atoms with van der Waals surface area (Å²) in [6, 6.07) is 7.72. The summed E-state index contributed by atoms with van der Waals surface area (Å²) in [4.78, 5) is 26.3. The van der Waals surface area contributed by atoms with Gasteiger partial charge < -0.3 is 9.84 Å². The van der Waals surface area contributed by atoms with Gasteiger partial charge in [0.05, 0.1) is 12.0 Å². The van der Waals surface area contributed by atoms with Crippen molar-refractivity contribution in [1.29, 1.82) is 0 Å². The molecule has 136 valence electrons. The minimum atomic E-state index is -0.877. The second kappa shape index (κ2) is 7.56. The first-order valence-corrected chi connectivity index (χ1v) is 9.29. The molecule has 5 nitrogen and oxygen atoms in total. The van der Waals surface area contributed by atoms with Crippen LogP contribution in [0.1, 0.15) is 51.0 Å². The van der Waals surface area contributed by atoms with Gasteiger partial charge in [-0.15, -0.1) is 0 Å². The van der Waals surface area contributed by atoms with E-state index in [0.717, 1.165) is 38.5 Å². The lowest BCUT2D eigenvalue weighted by molar-refractivity contribution is -0.144. The summed E-state index contributed by atoms with van der Waals surface area (Å²) in [5.74, 6) is 0.431. The van der Waals surface area contributed by atoms with Gasteiger partial charge in [0.15, 0.2) is 0 Å². The average molecular weight is 345 g/mol. The molecule has 1 unspecified atom stereocenters. The first kappa shape index (κ1) is 17.9. The summed E-state index contributed by atoms with van der Waals surface area (Å²) in [6.07, 6.45) is 5.13. The number of nitrogens with zero attached hydrogens (tertiary/aromatic N) is 1. The maximum absolute atomic E-state index is 12.7. The number of amides is 2. The monoisotopic (exact) mass is 345 g/mol. The summed E-state index contributed by atoms with van der Waals surface area (Å²) in [6.45, 7) is 2.17. The molecule has 1 saturated carbocycles. The Morgan fingerprint density at radius 1 is 1.16 bits per heavy atom. The Bertz CT molecular complexity index is 619. The lowest BCUT2D eigenvalue weighted by Crippen LogP contribution is -2.42. The Kier molecular flexibility index (Phi) is 5.42. The molecule has 1 aromatic rings. The van der Waals surface area contributed by atoms with Crippen LogP contribution in [0.15, 0.2) is 24.3 Å². The zero-order valence-corrected chi connectivity index (χ0v) is 14.9. The third kappa shape index (κ3) is 3.87. The number of carbonyl (C=O) groups is 2. The van der Waals surface area contributed by atoms with Gasteiger partial charge in [0.2, 0.25) is 11.8 Å². The van der Waals surface area contributed by atoms with Crippen molar-refractivity contribution >= 4 is 11.8 Å². The molecule has 1 saturated heterocycles. The average Bonchev–Trinajstić information content (AvgIpc) is 2.85. The van der Waals surface area contributed by atoms with Crippen LogP contribution in [0.25, 0.3) is 0 Å². The number of rotatable bonds is 6. The van der Waals surface area contributed by atoms with Gasteiger partial charge in [-0.2, -0.15) is 0 Å². The zero-order chi connectivity index (χ0) is 17.9. The van der Waals surface area contributed by atoms with E-state index in [9.17, 15) is 14.7 Å². The minimum absolute atomic E-state index is 0.0203. The third-order valence-corrected chi connectivity index (χ3v) is 5.47. The van der Waals surface area contributed by atoms with Crippen molar-refractivity contribution in [3.63, 3.8) is 0 Å². The van der Waals surface area contributed by atoms with E-state index in [-0.39, 0.29) is 25.0 Å².